The molecule has 0 saturated carbocycles. The van der Waals surface area contributed by atoms with Gasteiger partial charge in [-0.05, 0) is 88.1 Å². The second kappa shape index (κ2) is 20.9. The first-order valence-electron chi connectivity index (χ1n) is 13.0. The van der Waals surface area contributed by atoms with Crippen LogP contribution in [0, 0.1) is 0 Å². The van der Waals surface area contributed by atoms with Crippen LogP contribution in [0.4, 0.5) is 0 Å². The average Bonchev–Trinajstić information content (AvgIpc) is 2.88. The van der Waals surface area contributed by atoms with Crippen LogP contribution in [0.3, 0.4) is 0 Å². The van der Waals surface area contributed by atoms with Gasteiger partial charge in [-0.1, -0.05) is 12.1 Å². The molecule has 0 aliphatic carbocycles. The summed E-state index contributed by atoms with van der Waals surface area (Å²) in [5.41, 5.74) is 1.98. The number of ether oxygens (including phenoxy) is 4. The lowest BCUT2D eigenvalue weighted by Crippen LogP contribution is -2.36. The highest BCUT2D eigenvalue weighted by Crippen LogP contribution is 2.25. The summed E-state index contributed by atoms with van der Waals surface area (Å²) in [5.74, 6) is 0.476. The fourth-order valence-corrected chi connectivity index (χ4v) is 4.18. The number of unbranched alkanes of at least 4 members (excludes halogenated alkanes) is 4. The van der Waals surface area contributed by atoms with E-state index in [2.05, 4.69) is 16.7 Å². The lowest BCUT2D eigenvalue weighted by atomic mass is 9.89. The molecule has 0 radical (unpaired) electrons. The van der Waals surface area contributed by atoms with Crippen LogP contribution in [-0.2, 0) is 18.9 Å². The number of hydrogen-bond donors (Lipinski definition) is 2. The molecule has 1 amide bonds. The Bertz CT molecular complexity index is 658. The molecular weight excluding hydrogens is 468 g/mol. The van der Waals surface area contributed by atoms with Crippen LogP contribution < -0.4 is 10.6 Å². The van der Waals surface area contributed by atoms with Crippen molar-refractivity contribution in [2.24, 2.45) is 0 Å². The Hall–Kier alpha value is -1.22. The molecule has 1 atom stereocenters. The summed E-state index contributed by atoms with van der Waals surface area (Å²) in [5, 5.41) is 6.47. The Kier molecular flexibility index (Phi) is 19.0. The van der Waals surface area contributed by atoms with E-state index in [1.165, 1.54) is 5.56 Å². The Balaban J connectivity index is 0.00000612. The maximum atomic E-state index is 12.9. The molecule has 202 valence electrons. The van der Waals surface area contributed by atoms with E-state index in [1.807, 2.05) is 18.2 Å². The van der Waals surface area contributed by atoms with Gasteiger partial charge in [0.05, 0.1) is 12.7 Å². The Labute approximate surface area is 218 Å². The van der Waals surface area contributed by atoms with Crippen LogP contribution in [0.25, 0.3) is 0 Å². The molecule has 1 fully saturated rings. The van der Waals surface area contributed by atoms with E-state index < -0.39 is 0 Å². The number of amides is 1. The van der Waals surface area contributed by atoms with Crippen molar-refractivity contribution in [2.75, 3.05) is 66.9 Å². The molecule has 7 nitrogen and oxygen atoms in total. The van der Waals surface area contributed by atoms with E-state index in [1.54, 1.807) is 14.2 Å². The molecule has 0 bridgehead atoms. The molecule has 2 rings (SSSR count). The van der Waals surface area contributed by atoms with Gasteiger partial charge in [0.15, 0.2) is 0 Å². The van der Waals surface area contributed by atoms with Gasteiger partial charge in [-0.2, -0.15) is 0 Å². The molecular formula is C27H47ClN2O5. The summed E-state index contributed by atoms with van der Waals surface area (Å²) < 4.78 is 22.1. The highest BCUT2D eigenvalue weighted by Gasteiger charge is 2.17. The fourth-order valence-electron chi connectivity index (χ4n) is 4.18. The standard InChI is InChI=1S/C27H46N2O5.ClH/c1-31-16-5-3-7-18-33-22-26(34-19-8-4-6-17-32-2)21-29-27(30)25-11-9-10-24(20-25)23-12-14-28-15-13-23;/h9-11,20,23,26,28H,3-8,12-19,21-22H2,1-2H3,(H,29,30);1H. The van der Waals surface area contributed by atoms with Gasteiger partial charge in [-0.3, -0.25) is 4.79 Å². The second-order valence-electron chi connectivity index (χ2n) is 9.03. The first-order chi connectivity index (χ1) is 16.7. The number of nitrogens with one attached hydrogen (secondary N) is 2. The minimum absolute atomic E-state index is 0. The molecule has 1 aliphatic rings. The summed E-state index contributed by atoms with van der Waals surface area (Å²) >= 11 is 0. The molecule has 8 heteroatoms. The third kappa shape index (κ3) is 14.2. The highest BCUT2D eigenvalue weighted by molar-refractivity contribution is 5.94. The number of methoxy groups -OCH3 is 2. The minimum atomic E-state index is -0.155. The van der Waals surface area contributed by atoms with E-state index in [4.69, 9.17) is 18.9 Å². The van der Waals surface area contributed by atoms with E-state index in [0.717, 1.165) is 77.7 Å². The van der Waals surface area contributed by atoms with E-state index in [9.17, 15) is 4.79 Å². The molecule has 1 aromatic rings. The van der Waals surface area contributed by atoms with Crippen LogP contribution in [0.2, 0.25) is 0 Å². The van der Waals surface area contributed by atoms with Crippen LogP contribution in [-0.4, -0.2) is 78.9 Å². The zero-order valence-corrected chi connectivity index (χ0v) is 22.5. The third-order valence-corrected chi connectivity index (χ3v) is 6.24. The molecule has 1 heterocycles. The second-order valence-corrected chi connectivity index (χ2v) is 9.03. The summed E-state index contributed by atoms with van der Waals surface area (Å²) in [4.78, 5) is 12.9. The van der Waals surface area contributed by atoms with Crippen molar-refractivity contribution in [2.45, 2.75) is 63.4 Å². The van der Waals surface area contributed by atoms with Crippen LogP contribution in [0.5, 0.6) is 0 Å². The molecule has 1 unspecified atom stereocenters. The van der Waals surface area contributed by atoms with Crippen LogP contribution in [0.1, 0.15) is 73.2 Å². The first-order valence-corrected chi connectivity index (χ1v) is 13.0. The van der Waals surface area contributed by atoms with Crippen molar-refractivity contribution >= 4 is 18.3 Å². The minimum Gasteiger partial charge on any atom is -0.385 e. The molecule has 1 aliphatic heterocycles. The number of rotatable bonds is 19. The highest BCUT2D eigenvalue weighted by atomic mass is 35.5. The Morgan fingerprint density at radius 3 is 2.31 bits per heavy atom. The average molecular weight is 515 g/mol. The topological polar surface area (TPSA) is 78.1 Å². The predicted molar refractivity (Wildman–Crippen MR) is 143 cm³/mol. The number of carbonyl (C=O) groups excluding carboxylic acids is 1. The molecule has 2 N–H and O–H groups in total. The lowest BCUT2D eigenvalue weighted by molar-refractivity contribution is -0.0173. The maximum absolute atomic E-state index is 12.9. The quantitative estimate of drug-likeness (QED) is 0.267. The molecule has 0 aromatic heterocycles. The van der Waals surface area contributed by atoms with E-state index in [-0.39, 0.29) is 24.4 Å². The summed E-state index contributed by atoms with van der Waals surface area (Å²) in [6.07, 6.45) is 8.30. The van der Waals surface area contributed by atoms with Crippen molar-refractivity contribution in [3.8, 4) is 0 Å². The Morgan fingerprint density at radius 2 is 1.63 bits per heavy atom. The maximum Gasteiger partial charge on any atom is 0.251 e. The van der Waals surface area contributed by atoms with E-state index in [0.29, 0.717) is 37.8 Å². The van der Waals surface area contributed by atoms with Gasteiger partial charge in [0.1, 0.15) is 0 Å². The van der Waals surface area contributed by atoms with Gasteiger partial charge in [-0.15, -0.1) is 12.4 Å². The lowest BCUT2D eigenvalue weighted by Gasteiger charge is -2.23. The van der Waals surface area contributed by atoms with Crippen molar-refractivity contribution in [1.29, 1.82) is 0 Å². The van der Waals surface area contributed by atoms with Gasteiger partial charge >= 0.3 is 0 Å². The zero-order valence-electron chi connectivity index (χ0n) is 21.7. The summed E-state index contributed by atoms with van der Waals surface area (Å²) in [7, 11) is 3.45. The molecule has 1 aromatic carbocycles. The van der Waals surface area contributed by atoms with Gasteiger partial charge < -0.3 is 29.6 Å². The smallest absolute Gasteiger partial charge is 0.251 e. The molecule has 1 saturated heterocycles. The van der Waals surface area contributed by atoms with Crippen molar-refractivity contribution in [1.82, 2.24) is 10.6 Å². The Morgan fingerprint density at radius 1 is 0.971 bits per heavy atom. The monoisotopic (exact) mass is 514 g/mol. The van der Waals surface area contributed by atoms with Crippen molar-refractivity contribution < 1.29 is 23.7 Å². The number of benzene rings is 1. The zero-order chi connectivity index (χ0) is 24.3. The first kappa shape index (κ1) is 31.8. The van der Waals surface area contributed by atoms with Gasteiger partial charge in [0.25, 0.3) is 5.91 Å². The summed E-state index contributed by atoms with van der Waals surface area (Å²) in [6.45, 7) is 5.93. The van der Waals surface area contributed by atoms with E-state index >= 15 is 0 Å². The van der Waals surface area contributed by atoms with Crippen LogP contribution in [0.15, 0.2) is 24.3 Å². The number of hydrogen-bond acceptors (Lipinski definition) is 6. The van der Waals surface area contributed by atoms with Crippen molar-refractivity contribution in [3.63, 3.8) is 0 Å². The van der Waals surface area contributed by atoms with Gasteiger partial charge in [0.2, 0.25) is 0 Å². The predicted octanol–water partition coefficient (Wildman–Crippen LogP) is 4.34. The molecule has 0 spiro atoms. The number of halogens is 1. The van der Waals surface area contributed by atoms with Gasteiger partial charge in [0, 0.05) is 52.8 Å². The van der Waals surface area contributed by atoms with Crippen LogP contribution >= 0.6 is 12.4 Å². The number of piperidine rings is 1. The SMILES string of the molecule is COCCCCCOCC(CNC(=O)c1cccc(C2CCNCC2)c1)OCCCCCOC.Cl. The number of carbonyl (C=O) groups is 1. The largest absolute Gasteiger partial charge is 0.385 e. The fraction of sp³-hybridized carbons (Fsp3) is 0.741. The normalized spacial score (nSPS) is 14.9. The third-order valence-electron chi connectivity index (χ3n) is 6.24. The summed E-state index contributed by atoms with van der Waals surface area (Å²) in [6, 6.07) is 8.07. The molecule has 35 heavy (non-hydrogen) atoms. The van der Waals surface area contributed by atoms with Crippen molar-refractivity contribution in [3.05, 3.63) is 35.4 Å². The van der Waals surface area contributed by atoms with Gasteiger partial charge in [-0.25, -0.2) is 0 Å².